The molecule has 82 valence electrons. The van der Waals surface area contributed by atoms with Crippen LogP contribution in [0.4, 0.5) is 0 Å². The van der Waals surface area contributed by atoms with Gasteiger partial charge in [-0.1, -0.05) is 13.8 Å². The Morgan fingerprint density at radius 3 is 2.64 bits per heavy atom. The maximum absolute atomic E-state index is 11.7. The van der Waals surface area contributed by atoms with E-state index >= 15 is 0 Å². The normalized spacial score (nSPS) is 28.4. The van der Waals surface area contributed by atoms with E-state index in [2.05, 4.69) is 25.8 Å². The molecule has 0 aliphatic carbocycles. The predicted octanol–water partition coefficient (Wildman–Crippen LogP) is 1.38. The second kappa shape index (κ2) is 4.78. The van der Waals surface area contributed by atoms with Crippen molar-refractivity contribution in [2.75, 3.05) is 26.7 Å². The molecule has 2 atom stereocenters. The van der Waals surface area contributed by atoms with Crippen LogP contribution >= 0.6 is 0 Å². The molecule has 0 bridgehead atoms. The van der Waals surface area contributed by atoms with Crippen LogP contribution in [0.15, 0.2) is 0 Å². The molecule has 0 spiro atoms. The van der Waals surface area contributed by atoms with E-state index in [0.717, 1.165) is 13.1 Å². The van der Waals surface area contributed by atoms with Crippen LogP contribution in [0.1, 0.15) is 20.8 Å². The average Bonchev–Trinajstić information content (AvgIpc) is 2.48. The average molecular weight is 199 g/mol. The summed E-state index contributed by atoms with van der Waals surface area (Å²) in [5.41, 5.74) is 0. The summed E-state index contributed by atoms with van der Waals surface area (Å²) in [6, 6.07) is 0. The summed E-state index contributed by atoms with van der Waals surface area (Å²) in [5.74, 6) is 1.07. The molecule has 0 amide bonds. The van der Waals surface area contributed by atoms with Crippen molar-refractivity contribution in [1.82, 2.24) is 4.90 Å². The van der Waals surface area contributed by atoms with Crippen molar-refractivity contribution in [3.8, 4) is 0 Å². The highest BCUT2D eigenvalue weighted by atomic mass is 16.5. The van der Waals surface area contributed by atoms with Crippen LogP contribution in [0.3, 0.4) is 0 Å². The van der Waals surface area contributed by atoms with Crippen molar-refractivity contribution < 1.29 is 9.53 Å². The van der Waals surface area contributed by atoms with E-state index in [1.54, 1.807) is 0 Å². The molecule has 0 aromatic rings. The minimum atomic E-state index is -0.0180. The molecule has 1 aliphatic heterocycles. The van der Waals surface area contributed by atoms with Gasteiger partial charge in [0.25, 0.3) is 0 Å². The van der Waals surface area contributed by atoms with Crippen LogP contribution in [-0.2, 0) is 9.53 Å². The predicted molar refractivity (Wildman–Crippen MR) is 55.9 cm³/mol. The van der Waals surface area contributed by atoms with Gasteiger partial charge in [-0.2, -0.15) is 0 Å². The van der Waals surface area contributed by atoms with Gasteiger partial charge in [0.05, 0.1) is 12.5 Å². The summed E-state index contributed by atoms with van der Waals surface area (Å²) in [6.07, 6.45) is 0. The third kappa shape index (κ3) is 2.47. The molecule has 0 aromatic carbocycles. The molecule has 3 heteroatoms. The zero-order valence-electron chi connectivity index (χ0n) is 9.62. The monoisotopic (exact) mass is 199 g/mol. The third-order valence-corrected chi connectivity index (χ3v) is 2.99. The van der Waals surface area contributed by atoms with E-state index in [0.29, 0.717) is 18.4 Å². The first-order chi connectivity index (χ1) is 6.56. The van der Waals surface area contributed by atoms with Gasteiger partial charge in [0.2, 0.25) is 0 Å². The molecule has 0 aromatic heterocycles. The first-order valence-electron chi connectivity index (χ1n) is 5.41. The minimum absolute atomic E-state index is 0.0180. The molecule has 0 radical (unpaired) electrons. The molecule has 1 rings (SSSR count). The zero-order chi connectivity index (χ0) is 10.7. The number of rotatable bonds is 3. The van der Waals surface area contributed by atoms with Gasteiger partial charge in [0, 0.05) is 13.1 Å². The fraction of sp³-hybridized carbons (Fsp3) is 0.909. The fourth-order valence-corrected chi connectivity index (χ4v) is 2.21. The van der Waals surface area contributed by atoms with Crippen molar-refractivity contribution in [2.45, 2.75) is 20.8 Å². The Balaban J connectivity index is 2.61. The van der Waals surface area contributed by atoms with Gasteiger partial charge in [0.1, 0.15) is 0 Å². The lowest BCUT2D eigenvalue weighted by Crippen LogP contribution is -2.27. The molecule has 1 fully saturated rings. The summed E-state index contributed by atoms with van der Waals surface area (Å²) >= 11 is 0. The number of likely N-dealkylation sites (tertiary alicyclic amines) is 1. The van der Waals surface area contributed by atoms with Crippen molar-refractivity contribution >= 4 is 5.97 Å². The first-order valence-corrected chi connectivity index (χ1v) is 5.41. The van der Waals surface area contributed by atoms with Gasteiger partial charge in [-0.15, -0.1) is 0 Å². The van der Waals surface area contributed by atoms with Crippen molar-refractivity contribution in [3.05, 3.63) is 0 Å². The summed E-state index contributed by atoms with van der Waals surface area (Å²) in [5, 5.41) is 0. The number of carbonyl (C=O) groups excluding carboxylic acids is 1. The third-order valence-electron chi connectivity index (χ3n) is 2.99. The summed E-state index contributed by atoms with van der Waals surface area (Å²) in [7, 11) is 2.06. The lowest BCUT2D eigenvalue weighted by molar-refractivity contribution is -0.149. The SMILES string of the molecule is CCOC(=O)[C@H]1CN(C)CC1C(C)C. The molecule has 1 aliphatic rings. The van der Waals surface area contributed by atoms with Crippen LogP contribution < -0.4 is 0 Å². The van der Waals surface area contributed by atoms with Crippen LogP contribution in [0, 0.1) is 17.8 Å². The van der Waals surface area contributed by atoms with E-state index in [1.165, 1.54) is 0 Å². The van der Waals surface area contributed by atoms with Crippen molar-refractivity contribution in [3.63, 3.8) is 0 Å². The molecule has 3 nitrogen and oxygen atoms in total. The largest absolute Gasteiger partial charge is 0.466 e. The Morgan fingerprint density at radius 1 is 1.50 bits per heavy atom. The molecule has 1 heterocycles. The van der Waals surface area contributed by atoms with Gasteiger partial charge in [-0.05, 0) is 25.8 Å². The first kappa shape index (κ1) is 11.5. The molecule has 0 N–H and O–H groups in total. The smallest absolute Gasteiger partial charge is 0.310 e. The van der Waals surface area contributed by atoms with Crippen LogP contribution in [0.2, 0.25) is 0 Å². The Kier molecular flexibility index (Phi) is 3.93. The van der Waals surface area contributed by atoms with Gasteiger partial charge >= 0.3 is 5.97 Å². The highest BCUT2D eigenvalue weighted by molar-refractivity contribution is 5.73. The zero-order valence-corrected chi connectivity index (χ0v) is 9.62. The number of esters is 1. The number of ether oxygens (including phenoxy) is 1. The van der Waals surface area contributed by atoms with E-state index in [-0.39, 0.29) is 11.9 Å². The maximum atomic E-state index is 11.7. The van der Waals surface area contributed by atoms with Gasteiger partial charge in [-0.3, -0.25) is 4.79 Å². The number of hydrogen-bond acceptors (Lipinski definition) is 3. The van der Waals surface area contributed by atoms with E-state index in [9.17, 15) is 4.79 Å². The molecular weight excluding hydrogens is 178 g/mol. The highest BCUT2D eigenvalue weighted by Gasteiger charge is 2.38. The van der Waals surface area contributed by atoms with Gasteiger partial charge < -0.3 is 9.64 Å². The maximum Gasteiger partial charge on any atom is 0.310 e. The lowest BCUT2D eigenvalue weighted by atomic mass is 9.86. The van der Waals surface area contributed by atoms with Gasteiger partial charge in [0.15, 0.2) is 0 Å². The molecule has 1 saturated heterocycles. The number of hydrogen-bond donors (Lipinski definition) is 0. The lowest BCUT2D eigenvalue weighted by Gasteiger charge is -2.20. The Labute approximate surface area is 86.4 Å². The summed E-state index contributed by atoms with van der Waals surface area (Å²) < 4.78 is 5.09. The second-order valence-electron chi connectivity index (χ2n) is 4.49. The molecular formula is C11H21NO2. The molecule has 0 saturated carbocycles. The van der Waals surface area contributed by atoms with E-state index < -0.39 is 0 Å². The van der Waals surface area contributed by atoms with Crippen molar-refractivity contribution in [1.29, 1.82) is 0 Å². The Morgan fingerprint density at radius 2 is 2.14 bits per heavy atom. The van der Waals surface area contributed by atoms with Gasteiger partial charge in [-0.25, -0.2) is 0 Å². The standard InChI is InChI=1S/C11H21NO2/c1-5-14-11(13)10-7-12(4)6-9(10)8(2)3/h8-10H,5-7H2,1-4H3/t9?,10-/m0/s1. The quantitative estimate of drug-likeness (QED) is 0.643. The molecule has 14 heavy (non-hydrogen) atoms. The minimum Gasteiger partial charge on any atom is -0.466 e. The van der Waals surface area contributed by atoms with E-state index in [1.807, 2.05) is 6.92 Å². The van der Waals surface area contributed by atoms with Crippen LogP contribution in [0.5, 0.6) is 0 Å². The molecule has 1 unspecified atom stereocenters. The Hall–Kier alpha value is -0.570. The highest BCUT2D eigenvalue weighted by Crippen LogP contribution is 2.29. The number of carbonyl (C=O) groups is 1. The summed E-state index contributed by atoms with van der Waals surface area (Å²) in [4.78, 5) is 13.9. The fourth-order valence-electron chi connectivity index (χ4n) is 2.21. The number of nitrogens with zero attached hydrogens (tertiary/aromatic N) is 1. The second-order valence-corrected chi connectivity index (χ2v) is 4.49. The van der Waals surface area contributed by atoms with Crippen LogP contribution in [0.25, 0.3) is 0 Å². The van der Waals surface area contributed by atoms with Crippen molar-refractivity contribution in [2.24, 2.45) is 17.8 Å². The van der Waals surface area contributed by atoms with Crippen LogP contribution in [-0.4, -0.2) is 37.6 Å². The van der Waals surface area contributed by atoms with E-state index in [4.69, 9.17) is 4.74 Å². The Bertz CT molecular complexity index is 203. The summed E-state index contributed by atoms with van der Waals surface area (Å²) in [6.45, 7) is 8.57. The topological polar surface area (TPSA) is 29.5 Å².